The van der Waals surface area contributed by atoms with Gasteiger partial charge in [0.05, 0.1) is 0 Å². The lowest BCUT2D eigenvalue weighted by molar-refractivity contribution is 0.0968. The summed E-state index contributed by atoms with van der Waals surface area (Å²) in [5.41, 5.74) is 0.513. The summed E-state index contributed by atoms with van der Waals surface area (Å²) < 4.78 is 26.9. The van der Waals surface area contributed by atoms with E-state index in [2.05, 4.69) is 4.98 Å². The summed E-state index contributed by atoms with van der Waals surface area (Å²) in [6.45, 7) is 0. The standard InChI is InChI=1S/C14H10F2N2O/c15-12-6-5-11(9-13(12)16)3-1-2-4-14(19)18-8-7-17-10-18/h1-10H/b3-1+,4-2+. The maximum atomic E-state index is 12.9. The number of carbonyl (C=O) groups is 1. The van der Waals surface area contributed by atoms with E-state index in [-0.39, 0.29) is 5.91 Å². The fourth-order valence-corrected chi connectivity index (χ4v) is 1.40. The van der Waals surface area contributed by atoms with Crippen molar-refractivity contribution in [2.45, 2.75) is 0 Å². The molecule has 2 aromatic rings. The molecule has 0 amide bonds. The number of carbonyl (C=O) groups excluding carboxylic acids is 1. The zero-order valence-corrected chi connectivity index (χ0v) is 9.83. The molecule has 19 heavy (non-hydrogen) atoms. The predicted molar refractivity (Wildman–Crippen MR) is 67.4 cm³/mol. The molecule has 0 saturated heterocycles. The Labute approximate surface area is 108 Å². The fourth-order valence-electron chi connectivity index (χ4n) is 1.40. The molecule has 0 saturated carbocycles. The topological polar surface area (TPSA) is 34.9 Å². The van der Waals surface area contributed by atoms with Crippen molar-refractivity contribution >= 4 is 12.0 Å². The Bertz CT molecular complexity index is 631. The van der Waals surface area contributed by atoms with Gasteiger partial charge >= 0.3 is 0 Å². The van der Waals surface area contributed by atoms with Gasteiger partial charge in [-0.25, -0.2) is 13.8 Å². The highest BCUT2D eigenvalue weighted by atomic mass is 19.2. The Morgan fingerprint density at radius 1 is 1.21 bits per heavy atom. The number of aromatic nitrogens is 2. The van der Waals surface area contributed by atoms with Crippen LogP contribution in [0.5, 0.6) is 0 Å². The van der Waals surface area contributed by atoms with E-state index in [4.69, 9.17) is 0 Å². The summed E-state index contributed by atoms with van der Waals surface area (Å²) in [6, 6.07) is 3.58. The summed E-state index contributed by atoms with van der Waals surface area (Å²) in [5, 5.41) is 0. The zero-order chi connectivity index (χ0) is 13.7. The minimum Gasteiger partial charge on any atom is -0.273 e. The van der Waals surface area contributed by atoms with Crippen molar-refractivity contribution < 1.29 is 13.6 Å². The number of allylic oxidation sites excluding steroid dienone is 3. The molecule has 3 nitrogen and oxygen atoms in total. The fraction of sp³-hybridized carbons (Fsp3) is 0. The summed E-state index contributed by atoms with van der Waals surface area (Å²) in [4.78, 5) is 15.3. The molecule has 96 valence electrons. The van der Waals surface area contributed by atoms with Gasteiger partial charge in [0, 0.05) is 18.5 Å². The molecular formula is C14H10F2N2O. The van der Waals surface area contributed by atoms with Gasteiger partial charge in [-0.3, -0.25) is 9.36 Å². The van der Waals surface area contributed by atoms with E-state index in [9.17, 15) is 13.6 Å². The van der Waals surface area contributed by atoms with Crippen molar-refractivity contribution in [1.82, 2.24) is 9.55 Å². The van der Waals surface area contributed by atoms with Crippen LogP contribution in [-0.2, 0) is 0 Å². The molecule has 0 bridgehead atoms. The second-order valence-corrected chi connectivity index (χ2v) is 3.70. The molecule has 0 radical (unpaired) electrons. The first-order valence-electron chi connectivity index (χ1n) is 5.49. The molecule has 0 unspecified atom stereocenters. The lowest BCUT2D eigenvalue weighted by Crippen LogP contribution is -2.03. The molecule has 1 aromatic heterocycles. The van der Waals surface area contributed by atoms with Crippen LogP contribution in [0.4, 0.5) is 8.78 Å². The van der Waals surface area contributed by atoms with Gasteiger partial charge in [0.2, 0.25) is 0 Å². The lowest BCUT2D eigenvalue weighted by Gasteiger charge is -1.94. The van der Waals surface area contributed by atoms with Crippen LogP contribution in [0.15, 0.2) is 55.1 Å². The predicted octanol–water partition coefficient (Wildman–Crippen LogP) is 3.07. The van der Waals surface area contributed by atoms with Gasteiger partial charge in [0.1, 0.15) is 6.33 Å². The normalized spacial score (nSPS) is 11.5. The second kappa shape index (κ2) is 5.86. The van der Waals surface area contributed by atoms with Crippen molar-refractivity contribution in [2.75, 3.05) is 0 Å². The maximum absolute atomic E-state index is 12.9. The maximum Gasteiger partial charge on any atom is 0.255 e. The number of nitrogens with zero attached hydrogens (tertiary/aromatic N) is 2. The molecule has 1 aromatic carbocycles. The molecule has 5 heteroatoms. The van der Waals surface area contributed by atoms with Crippen LogP contribution in [0.1, 0.15) is 10.4 Å². The molecule has 0 fully saturated rings. The highest BCUT2D eigenvalue weighted by Gasteiger charge is 1.99. The molecular weight excluding hydrogens is 250 g/mol. The number of benzene rings is 1. The zero-order valence-electron chi connectivity index (χ0n) is 9.83. The largest absolute Gasteiger partial charge is 0.273 e. The van der Waals surface area contributed by atoms with Crippen molar-refractivity contribution in [2.24, 2.45) is 0 Å². The lowest BCUT2D eigenvalue weighted by atomic mass is 10.2. The van der Waals surface area contributed by atoms with Crippen LogP contribution in [0.2, 0.25) is 0 Å². The number of halogens is 2. The number of imidazole rings is 1. The van der Waals surface area contributed by atoms with E-state index in [1.54, 1.807) is 12.2 Å². The Morgan fingerprint density at radius 2 is 2.05 bits per heavy atom. The summed E-state index contributed by atoms with van der Waals surface area (Å²) in [5.74, 6) is -2.03. The average molecular weight is 260 g/mol. The van der Waals surface area contributed by atoms with Crippen molar-refractivity contribution in [1.29, 1.82) is 0 Å². The summed E-state index contributed by atoms with van der Waals surface area (Å²) in [7, 11) is 0. The van der Waals surface area contributed by atoms with Gasteiger partial charge in [-0.15, -0.1) is 0 Å². The van der Waals surface area contributed by atoms with Crippen LogP contribution in [0, 0.1) is 11.6 Å². The molecule has 0 N–H and O–H groups in total. The van der Waals surface area contributed by atoms with Crippen LogP contribution in [0.3, 0.4) is 0 Å². The third-order valence-corrected chi connectivity index (χ3v) is 2.34. The van der Waals surface area contributed by atoms with E-state index >= 15 is 0 Å². The smallest absolute Gasteiger partial charge is 0.255 e. The van der Waals surface area contributed by atoms with E-state index in [0.717, 1.165) is 12.1 Å². The van der Waals surface area contributed by atoms with Crippen LogP contribution in [-0.4, -0.2) is 15.5 Å². The SMILES string of the molecule is O=C(/C=C/C=C/c1ccc(F)c(F)c1)n1ccnc1. The quantitative estimate of drug-likeness (QED) is 0.628. The Balaban J connectivity index is 1.99. The molecule has 1 heterocycles. The van der Waals surface area contributed by atoms with Gasteiger partial charge in [0.25, 0.3) is 5.91 Å². The monoisotopic (exact) mass is 260 g/mol. The number of hydrogen-bond acceptors (Lipinski definition) is 2. The Hall–Kier alpha value is -2.56. The third-order valence-electron chi connectivity index (χ3n) is 2.34. The Morgan fingerprint density at radius 3 is 2.74 bits per heavy atom. The Kier molecular flexibility index (Phi) is 3.97. The first kappa shape index (κ1) is 12.9. The first-order chi connectivity index (χ1) is 9.16. The average Bonchev–Trinajstić information content (AvgIpc) is 2.92. The highest BCUT2D eigenvalue weighted by Crippen LogP contribution is 2.09. The molecule has 0 aliphatic rings. The van der Waals surface area contributed by atoms with Crippen molar-refractivity contribution in [3.8, 4) is 0 Å². The highest BCUT2D eigenvalue weighted by molar-refractivity contribution is 5.89. The van der Waals surface area contributed by atoms with Gasteiger partial charge in [-0.2, -0.15) is 0 Å². The van der Waals surface area contributed by atoms with Gasteiger partial charge < -0.3 is 0 Å². The minimum absolute atomic E-state index is 0.243. The first-order valence-corrected chi connectivity index (χ1v) is 5.49. The molecule has 0 aliphatic carbocycles. The molecule has 0 aliphatic heterocycles. The van der Waals surface area contributed by atoms with E-state index in [1.165, 1.54) is 41.5 Å². The van der Waals surface area contributed by atoms with E-state index in [0.29, 0.717) is 5.56 Å². The van der Waals surface area contributed by atoms with Crippen LogP contribution >= 0.6 is 0 Å². The van der Waals surface area contributed by atoms with Crippen molar-refractivity contribution in [3.63, 3.8) is 0 Å². The van der Waals surface area contributed by atoms with Gasteiger partial charge in [-0.1, -0.05) is 24.3 Å². The van der Waals surface area contributed by atoms with Crippen LogP contribution in [0.25, 0.3) is 6.08 Å². The molecule has 2 rings (SSSR count). The van der Waals surface area contributed by atoms with E-state index in [1.807, 2.05) is 0 Å². The summed E-state index contributed by atoms with van der Waals surface area (Å²) in [6.07, 6.45) is 10.4. The number of rotatable bonds is 3. The van der Waals surface area contributed by atoms with Gasteiger partial charge in [-0.05, 0) is 17.7 Å². The van der Waals surface area contributed by atoms with Gasteiger partial charge in [0.15, 0.2) is 11.6 Å². The minimum atomic E-state index is -0.902. The second-order valence-electron chi connectivity index (χ2n) is 3.70. The summed E-state index contributed by atoms with van der Waals surface area (Å²) >= 11 is 0. The molecule has 0 spiro atoms. The molecule has 0 atom stereocenters. The number of hydrogen-bond donors (Lipinski definition) is 0. The van der Waals surface area contributed by atoms with Crippen LogP contribution < -0.4 is 0 Å². The third kappa shape index (κ3) is 3.45. The van der Waals surface area contributed by atoms with E-state index < -0.39 is 11.6 Å². The van der Waals surface area contributed by atoms with Crippen molar-refractivity contribution in [3.05, 3.63) is 72.3 Å².